The van der Waals surface area contributed by atoms with Gasteiger partial charge in [-0.1, -0.05) is 48.6 Å². The van der Waals surface area contributed by atoms with Gasteiger partial charge in [0.15, 0.2) is 0 Å². The van der Waals surface area contributed by atoms with Gasteiger partial charge < -0.3 is 0 Å². The fourth-order valence-corrected chi connectivity index (χ4v) is 5.76. The summed E-state index contributed by atoms with van der Waals surface area (Å²) in [6.45, 7) is 2.28. The molecule has 1 aliphatic heterocycles. The molecule has 1 amide bonds. The summed E-state index contributed by atoms with van der Waals surface area (Å²) in [5.41, 5.74) is 0. The first-order chi connectivity index (χ1) is 13.5. The van der Waals surface area contributed by atoms with Crippen LogP contribution in [0.3, 0.4) is 0 Å². The predicted octanol–water partition coefficient (Wildman–Crippen LogP) is 3.05. The first kappa shape index (κ1) is 19.0. The Balaban J connectivity index is 1.59. The first-order valence-electron chi connectivity index (χ1n) is 9.13. The van der Waals surface area contributed by atoms with Gasteiger partial charge >= 0.3 is 0 Å². The van der Waals surface area contributed by atoms with E-state index in [1.807, 2.05) is 31.2 Å². The molecule has 9 heteroatoms. The van der Waals surface area contributed by atoms with Crippen LogP contribution >= 0.6 is 11.3 Å². The van der Waals surface area contributed by atoms with E-state index in [0.29, 0.717) is 24.5 Å². The van der Waals surface area contributed by atoms with E-state index in [9.17, 15) is 13.2 Å². The van der Waals surface area contributed by atoms with Gasteiger partial charge in [0, 0.05) is 6.54 Å². The second kappa shape index (κ2) is 7.57. The van der Waals surface area contributed by atoms with Crippen LogP contribution in [0.5, 0.6) is 0 Å². The third-order valence-corrected chi connectivity index (χ3v) is 7.72. The highest BCUT2D eigenvalue weighted by atomic mass is 32.2. The Bertz CT molecular complexity index is 1130. The molecule has 2 aromatic carbocycles. The number of nitrogens with zero attached hydrogens (tertiary/aromatic N) is 3. The molecule has 0 saturated carbocycles. The quantitative estimate of drug-likeness (QED) is 0.690. The lowest BCUT2D eigenvalue weighted by Gasteiger charge is -2.23. The van der Waals surface area contributed by atoms with Gasteiger partial charge in [0.05, 0.1) is 4.90 Å². The molecule has 146 valence electrons. The van der Waals surface area contributed by atoms with Crippen molar-refractivity contribution in [2.24, 2.45) is 0 Å². The topological polar surface area (TPSA) is 92.3 Å². The Labute approximate surface area is 167 Å². The summed E-state index contributed by atoms with van der Waals surface area (Å²) in [4.78, 5) is 12.9. The van der Waals surface area contributed by atoms with Crippen molar-refractivity contribution in [1.82, 2.24) is 14.5 Å². The van der Waals surface area contributed by atoms with E-state index in [1.165, 1.54) is 15.6 Å². The van der Waals surface area contributed by atoms with Gasteiger partial charge in [-0.3, -0.25) is 10.1 Å². The molecule has 28 heavy (non-hydrogen) atoms. The normalized spacial score (nSPS) is 17.8. The van der Waals surface area contributed by atoms with E-state index in [1.54, 1.807) is 18.2 Å². The van der Waals surface area contributed by atoms with E-state index in [2.05, 4.69) is 15.5 Å². The lowest BCUT2D eigenvalue weighted by atomic mass is 10.1. The zero-order valence-corrected chi connectivity index (χ0v) is 17.0. The Morgan fingerprint density at radius 1 is 1.21 bits per heavy atom. The smallest absolute Gasteiger partial charge is 0.244 e. The molecule has 7 nitrogen and oxygen atoms in total. The summed E-state index contributed by atoms with van der Waals surface area (Å²) in [6.07, 6.45) is 1.86. The van der Waals surface area contributed by atoms with Crippen molar-refractivity contribution < 1.29 is 13.2 Å². The maximum absolute atomic E-state index is 13.2. The van der Waals surface area contributed by atoms with Gasteiger partial charge in [0.2, 0.25) is 21.1 Å². The molecule has 0 spiro atoms. The number of benzene rings is 2. The minimum atomic E-state index is -3.78. The molecule has 0 bridgehead atoms. The Hall–Kier alpha value is -2.36. The van der Waals surface area contributed by atoms with Crippen molar-refractivity contribution in [2.75, 3.05) is 11.9 Å². The average Bonchev–Trinajstić information content (AvgIpc) is 3.37. The molecular formula is C19H20N4O3S2. The minimum Gasteiger partial charge on any atom is -0.299 e. The fraction of sp³-hybridized carbons (Fsp3) is 0.316. The number of aromatic nitrogens is 2. The van der Waals surface area contributed by atoms with E-state index in [0.717, 1.165) is 22.2 Å². The van der Waals surface area contributed by atoms with Crippen LogP contribution < -0.4 is 5.32 Å². The van der Waals surface area contributed by atoms with Crippen molar-refractivity contribution in [3.63, 3.8) is 0 Å². The van der Waals surface area contributed by atoms with Crippen LogP contribution in [0.25, 0.3) is 10.8 Å². The molecule has 4 rings (SSSR count). The third kappa shape index (κ3) is 3.52. The van der Waals surface area contributed by atoms with Crippen LogP contribution in [-0.2, 0) is 21.2 Å². The van der Waals surface area contributed by atoms with Crippen molar-refractivity contribution in [3.05, 3.63) is 47.5 Å². The Morgan fingerprint density at radius 3 is 2.75 bits per heavy atom. The number of nitrogens with one attached hydrogen (secondary N) is 1. The summed E-state index contributed by atoms with van der Waals surface area (Å²) in [5.74, 6) is -0.360. The van der Waals surface area contributed by atoms with Crippen LogP contribution in [-0.4, -0.2) is 41.4 Å². The van der Waals surface area contributed by atoms with Crippen LogP contribution in [0.15, 0.2) is 47.4 Å². The molecule has 1 aromatic heterocycles. The third-order valence-electron chi connectivity index (χ3n) is 4.83. The molecular weight excluding hydrogens is 396 g/mol. The number of fused-ring (bicyclic) bond motifs is 1. The Morgan fingerprint density at radius 2 is 2.00 bits per heavy atom. The van der Waals surface area contributed by atoms with Crippen LogP contribution in [0.1, 0.15) is 24.8 Å². The zero-order valence-electron chi connectivity index (χ0n) is 15.3. The van der Waals surface area contributed by atoms with Gasteiger partial charge in [-0.2, -0.15) is 4.31 Å². The molecule has 0 radical (unpaired) electrons. The van der Waals surface area contributed by atoms with Crippen LogP contribution in [0.4, 0.5) is 5.13 Å². The monoisotopic (exact) mass is 416 g/mol. The fourth-order valence-electron chi connectivity index (χ4n) is 3.39. The second-order valence-corrected chi connectivity index (χ2v) is 9.58. The summed E-state index contributed by atoms with van der Waals surface area (Å²) < 4.78 is 27.7. The highest BCUT2D eigenvalue weighted by Crippen LogP contribution is 2.29. The van der Waals surface area contributed by atoms with Crippen molar-refractivity contribution in [2.45, 2.75) is 37.1 Å². The van der Waals surface area contributed by atoms with Crippen LogP contribution in [0, 0.1) is 0 Å². The lowest BCUT2D eigenvalue weighted by Crippen LogP contribution is -2.43. The maximum atomic E-state index is 13.2. The second-order valence-electron chi connectivity index (χ2n) is 6.63. The van der Waals surface area contributed by atoms with Gasteiger partial charge in [-0.25, -0.2) is 8.42 Å². The number of sulfonamides is 1. The predicted molar refractivity (Wildman–Crippen MR) is 109 cm³/mol. The maximum Gasteiger partial charge on any atom is 0.244 e. The van der Waals surface area contributed by atoms with Gasteiger partial charge in [-0.15, -0.1) is 10.2 Å². The zero-order chi connectivity index (χ0) is 19.7. The minimum absolute atomic E-state index is 0.204. The van der Waals surface area contributed by atoms with E-state index in [4.69, 9.17) is 0 Å². The number of hydrogen-bond donors (Lipinski definition) is 1. The summed E-state index contributed by atoms with van der Waals surface area (Å²) in [7, 11) is -3.78. The first-order valence-corrected chi connectivity index (χ1v) is 11.4. The molecule has 0 unspecified atom stereocenters. The molecule has 2 heterocycles. The number of aryl methyl sites for hydroxylation is 1. The van der Waals surface area contributed by atoms with Gasteiger partial charge in [0.1, 0.15) is 11.0 Å². The standard InChI is InChI=1S/C19H20N4O3S2/c1-2-17-21-22-19(27-17)20-18(24)16-8-5-11-23(16)28(25,26)15-10-9-13-6-3-4-7-14(13)12-15/h3-4,6-7,9-10,12,16H,2,5,8,11H2,1H3,(H,20,22,24)/t16-/m1/s1. The van der Waals surface area contributed by atoms with Crippen molar-refractivity contribution >= 4 is 43.2 Å². The number of anilines is 1. The largest absolute Gasteiger partial charge is 0.299 e. The van der Waals surface area contributed by atoms with Gasteiger partial charge in [0.25, 0.3) is 0 Å². The highest BCUT2D eigenvalue weighted by Gasteiger charge is 2.39. The van der Waals surface area contributed by atoms with Crippen molar-refractivity contribution in [1.29, 1.82) is 0 Å². The van der Waals surface area contributed by atoms with Crippen molar-refractivity contribution in [3.8, 4) is 0 Å². The number of carbonyl (C=O) groups is 1. The molecule has 3 aromatic rings. The molecule has 1 atom stereocenters. The summed E-state index contributed by atoms with van der Waals surface area (Å²) >= 11 is 1.30. The molecule has 0 aliphatic carbocycles. The lowest BCUT2D eigenvalue weighted by molar-refractivity contribution is -0.119. The Kier molecular flexibility index (Phi) is 5.13. The van der Waals surface area contributed by atoms with Crippen LogP contribution in [0.2, 0.25) is 0 Å². The molecule has 1 saturated heterocycles. The summed E-state index contributed by atoms with van der Waals surface area (Å²) in [5, 5.41) is 13.7. The van der Waals surface area contributed by atoms with Gasteiger partial charge in [-0.05, 0) is 42.2 Å². The molecule has 1 aliphatic rings. The number of carbonyl (C=O) groups excluding carboxylic acids is 1. The number of rotatable bonds is 5. The van der Waals surface area contributed by atoms with E-state index >= 15 is 0 Å². The van der Waals surface area contributed by atoms with E-state index < -0.39 is 16.1 Å². The SMILES string of the molecule is CCc1nnc(NC(=O)[C@H]2CCCN2S(=O)(=O)c2ccc3ccccc3c2)s1. The average molecular weight is 417 g/mol. The van der Waals surface area contributed by atoms with E-state index in [-0.39, 0.29) is 10.8 Å². The molecule has 1 fully saturated rings. The number of hydrogen-bond acceptors (Lipinski definition) is 6. The molecule has 1 N–H and O–H groups in total. The highest BCUT2D eigenvalue weighted by molar-refractivity contribution is 7.89. The number of amides is 1. The summed E-state index contributed by atoms with van der Waals surface area (Å²) in [6, 6.07) is 11.9.